The van der Waals surface area contributed by atoms with Gasteiger partial charge in [-0.05, 0) is 0 Å². The van der Waals surface area contributed by atoms with Crippen LogP contribution in [0, 0.1) is 11.3 Å². The van der Waals surface area contributed by atoms with Crippen LogP contribution in [0.3, 0.4) is 0 Å². The standard InChI is InChI=1S/C4H4FNO2/c5-4(3-6)7-1-2-8-4/h1-2H2. The molecule has 1 aliphatic heterocycles. The molecule has 0 bridgehead atoms. The van der Waals surface area contributed by atoms with Gasteiger partial charge >= 0.3 is 6.04 Å². The van der Waals surface area contributed by atoms with Crippen LogP contribution in [0.25, 0.3) is 0 Å². The summed E-state index contributed by atoms with van der Waals surface area (Å²) in [5.74, 6) is 0. The van der Waals surface area contributed by atoms with Gasteiger partial charge in [0.2, 0.25) is 0 Å². The van der Waals surface area contributed by atoms with Crippen molar-refractivity contribution in [3.8, 4) is 6.07 Å². The summed E-state index contributed by atoms with van der Waals surface area (Å²) < 4.78 is 20.7. The molecule has 0 aromatic rings. The van der Waals surface area contributed by atoms with Crippen molar-refractivity contribution in [2.75, 3.05) is 13.2 Å². The number of halogens is 1. The zero-order valence-corrected chi connectivity index (χ0v) is 4.06. The van der Waals surface area contributed by atoms with Gasteiger partial charge < -0.3 is 9.47 Å². The topological polar surface area (TPSA) is 42.2 Å². The molecule has 1 rings (SSSR count). The molecule has 0 spiro atoms. The monoisotopic (exact) mass is 117 g/mol. The maximum absolute atomic E-state index is 12.2. The van der Waals surface area contributed by atoms with Crippen LogP contribution in [0.15, 0.2) is 0 Å². The van der Waals surface area contributed by atoms with Crippen molar-refractivity contribution in [1.82, 2.24) is 0 Å². The molecule has 8 heavy (non-hydrogen) atoms. The highest BCUT2D eigenvalue weighted by atomic mass is 19.2. The van der Waals surface area contributed by atoms with Gasteiger partial charge in [-0.15, -0.1) is 0 Å². The lowest BCUT2D eigenvalue weighted by molar-refractivity contribution is -0.206. The van der Waals surface area contributed by atoms with E-state index >= 15 is 0 Å². The number of hydrogen-bond donors (Lipinski definition) is 0. The summed E-state index contributed by atoms with van der Waals surface area (Å²) in [4.78, 5) is 0. The van der Waals surface area contributed by atoms with Crippen LogP contribution in [0.4, 0.5) is 4.39 Å². The highest BCUT2D eigenvalue weighted by Crippen LogP contribution is 2.18. The first-order chi connectivity index (χ1) is 3.77. The molecule has 0 aliphatic carbocycles. The van der Waals surface area contributed by atoms with Gasteiger partial charge in [0, 0.05) is 0 Å². The molecule has 0 aromatic carbocycles. The summed E-state index contributed by atoms with van der Waals surface area (Å²) >= 11 is 0. The van der Waals surface area contributed by atoms with Crippen LogP contribution in [0.2, 0.25) is 0 Å². The number of nitriles is 1. The highest BCUT2D eigenvalue weighted by Gasteiger charge is 2.36. The Labute approximate surface area is 45.6 Å². The van der Waals surface area contributed by atoms with Crippen LogP contribution in [0.1, 0.15) is 0 Å². The largest absolute Gasteiger partial charge is 0.414 e. The van der Waals surface area contributed by atoms with Gasteiger partial charge in [-0.1, -0.05) is 0 Å². The van der Waals surface area contributed by atoms with Crippen LogP contribution >= 0.6 is 0 Å². The fourth-order valence-corrected chi connectivity index (χ4v) is 0.452. The van der Waals surface area contributed by atoms with Crippen molar-refractivity contribution in [3.05, 3.63) is 0 Å². The Balaban J connectivity index is 2.56. The number of hydrogen-bond acceptors (Lipinski definition) is 3. The van der Waals surface area contributed by atoms with E-state index in [4.69, 9.17) is 5.26 Å². The summed E-state index contributed by atoms with van der Waals surface area (Å²) in [6.07, 6.45) is 0. The Morgan fingerprint density at radius 2 is 2.00 bits per heavy atom. The fraction of sp³-hybridized carbons (Fsp3) is 0.750. The van der Waals surface area contributed by atoms with Gasteiger partial charge in [-0.3, -0.25) is 0 Å². The minimum absolute atomic E-state index is 0.157. The number of nitrogens with zero attached hydrogens (tertiary/aromatic N) is 1. The minimum atomic E-state index is -2.46. The van der Waals surface area contributed by atoms with Gasteiger partial charge in [0.05, 0.1) is 13.2 Å². The third kappa shape index (κ3) is 0.782. The average Bonchev–Trinajstić information content (AvgIpc) is 2.17. The van der Waals surface area contributed by atoms with E-state index in [-0.39, 0.29) is 13.2 Å². The second-order valence-corrected chi connectivity index (χ2v) is 1.34. The van der Waals surface area contributed by atoms with Crippen molar-refractivity contribution in [1.29, 1.82) is 5.26 Å². The number of alkyl halides is 1. The Kier molecular flexibility index (Phi) is 1.16. The maximum atomic E-state index is 12.2. The smallest absolute Gasteiger partial charge is 0.309 e. The Morgan fingerprint density at radius 3 is 2.25 bits per heavy atom. The molecular formula is C4H4FNO2. The molecule has 0 atom stereocenters. The van der Waals surface area contributed by atoms with Gasteiger partial charge in [-0.25, -0.2) is 0 Å². The van der Waals surface area contributed by atoms with Crippen LogP contribution in [-0.2, 0) is 9.47 Å². The lowest BCUT2D eigenvalue weighted by Crippen LogP contribution is -2.19. The van der Waals surface area contributed by atoms with Crippen molar-refractivity contribution >= 4 is 0 Å². The van der Waals surface area contributed by atoms with E-state index in [1.54, 1.807) is 0 Å². The molecule has 1 fully saturated rings. The van der Waals surface area contributed by atoms with Crippen molar-refractivity contribution < 1.29 is 13.9 Å². The van der Waals surface area contributed by atoms with Crippen molar-refractivity contribution in [3.63, 3.8) is 0 Å². The predicted octanol–water partition coefficient (Wildman–Crippen LogP) is 0.180. The molecule has 0 N–H and O–H groups in total. The van der Waals surface area contributed by atoms with E-state index in [0.29, 0.717) is 0 Å². The molecular weight excluding hydrogens is 113 g/mol. The lowest BCUT2D eigenvalue weighted by Gasteiger charge is -2.04. The molecule has 0 aromatic heterocycles. The molecule has 4 heteroatoms. The first-order valence-electron chi connectivity index (χ1n) is 2.15. The van der Waals surface area contributed by atoms with Gasteiger partial charge in [0.15, 0.2) is 6.07 Å². The van der Waals surface area contributed by atoms with Crippen LogP contribution in [-0.4, -0.2) is 19.3 Å². The molecule has 1 heterocycles. The third-order valence-electron chi connectivity index (χ3n) is 0.792. The summed E-state index contributed by atoms with van der Waals surface area (Å²) in [5.41, 5.74) is 0. The maximum Gasteiger partial charge on any atom is 0.414 e. The Bertz CT molecular complexity index is 124. The van der Waals surface area contributed by atoms with Crippen molar-refractivity contribution in [2.45, 2.75) is 6.04 Å². The first-order valence-corrected chi connectivity index (χ1v) is 2.15. The quantitative estimate of drug-likeness (QED) is 0.454. The van der Waals surface area contributed by atoms with Gasteiger partial charge in [0.1, 0.15) is 0 Å². The zero-order valence-electron chi connectivity index (χ0n) is 4.06. The minimum Gasteiger partial charge on any atom is -0.309 e. The molecule has 0 unspecified atom stereocenters. The second-order valence-electron chi connectivity index (χ2n) is 1.34. The fourth-order valence-electron chi connectivity index (χ4n) is 0.452. The lowest BCUT2D eigenvalue weighted by atomic mass is 10.7. The summed E-state index contributed by atoms with van der Waals surface area (Å²) in [6.45, 7) is 0.314. The van der Waals surface area contributed by atoms with Gasteiger partial charge in [0.25, 0.3) is 0 Å². The number of ether oxygens (including phenoxy) is 2. The molecule has 0 radical (unpaired) electrons. The van der Waals surface area contributed by atoms with E-state index in [1.807, 2.05) is 0 Å². The summed E-state index contributed by atoms with van der Waals surface area (Å²) in [5, 5.41) is 7.95. The van der Waals surface area contributed by atoms with Crippen LogP contribution in [0.5, 0.6) is 0 Å². The normalized spacial score (nSPS) is 25.0. The van der Waals surface area contributed by atoms with E-state index in [1.165, 1.54) is 6.07 Å². The highest BCUT2D eigenvalue weighted by molar-refractivity contribution is 4.86. The van der Waals surface area contributed by atoms with Crippen LogP contribution < -0.4 is 0 Å². The van der Waals surface area contributed by atoms with E-state index < -0.39 is 6.04 Å². The predicted molar refractivity (Wildman–Crippen MR) is 21.4 cm³/mol. The van der Waals surface area contributed by atoms with E-state index in [9.17, 15) is 4.39 Å². The first kappa shape index (κ1) is 5.48. The van der Waals surface area contributed by atoms with Crippen molar-refractivity contribution in [2.24, 2.45) is 0 Å². The molecule has 1 saturated heterocycles. The molecule has 0 amide bonds. The Hall–Kier alpha value is -0.660. The average molecular weight is 117 g/mol. The van der Waals surface area contributed by atoms with E-state index in [2.05, 4.69) is 9.47 Å². The van der Waals surface area contributed by atoms with Gasteiger partial charge in [-0.2, -0.15) is 9.65 Å². The summed E-state index contributed by atoms with van der Waals surface area (Å²) in [6, 6.07) is -1.23. The Morgan fingerprint density at radius 1 is 1.50 bits per heavy atom. The number of rotatable bonds is 0. The summed E-state index contributed by atoms with van der Waals surface area (Å²) in [7, 11) is 0. The zero-order chi connectivity index (χ0) is 6.04. The molecule has 3 nitrogen and oxygen atoms in total. The SMILES string of the molecule is N#CC1(F)OCCO1. The second kappa shape index (κ2) is 1.69. The molecule has 44 valence electrons. The molecule has 0 saturated carbocycles. The molecule has 1 aliphatic rings. The third-order valence-corrected chi connectivity index (χ3v) is 0.792. The van der Waals surface area contributed by atoms with E-state index in [0.717, 1.165) is 0 Å².